The van der Waals surface area contributed by atoms with Gasteiger partial charge in [0.2, 0.25) is 5.91 Å². The molecule has 0 N–H and O–H groups in total. The van der Waals surface area contributed by atoms with Crippen LogP contribution in [0.2, 0.25) is 0 Å². The van der Waals surface area contributed by atoms with Crippen LogP contribution in [0.15, 0.2) is 6.07 Å². The maximum Gasteiger partial charge on any atom is 0.416 e. The van der Waals surface area contributed by atoms with E-state index in [4.69, 9.17) is 4.74 Å². The Morgan fingerprint density at radius 3 is 2.74 bits per heavy atom. The van der Waals surface area contributed by atoms with E-state index in [1.54, 1.807) is 22.8 Å². The van der Waals surface area contributed by atoms with Gasteiger partial charge in [0.15, 0.2) is 5.82 Å². The zero-order valence-corrected chi connectivity index (χ0v) is 14.0. The Labute approximate surface area is 135 Å². The molecule has 7 nitrogen and oxygen atoms in total. The van der Waals surface area contributed by atoms with E-state index in [1.807, 2.05) is 20.8 Å². The van der Waals surface area contributed by atoms with Crippen molar-refractivity contribution in [2.24, 2.45) is 0 Å². The van der Waals surface area contributed by atoms with E-state index in [0.29, 0.717) is 18.2 Å². The Morgan fingerprint density at radius 1 is 1.39 bits per heavy atom. The molecule has 1 aromatic heterocycles. The normalized spacial score (nSPS) is 23.3. The van der Waals surface area contributed by atoms with Crippen molar-refractivity contribution in [3.63, 3.8) is 0 Å². The summed E-state index contributed by atoms with van der Waals surface area (Å²) in [6.45, 7) is 8.36. The van der Waals surface area contributed by atoms with Gasteiger partial charge in [0.25, 0.3) is 0 Å². The van der Waals surface area contributed by atoms with E-state index in [9.17, 15) is 9.59 Å². The first kappa shape index (κ1) is 15.7. The molecule has 1 aromatic rings. The molecule has 2 saturated heterocycles. The fourth-order valence-electron chi connectivity index (χ4n) is 3.27. The summed E-state index contributed by atoms with van der Waals surface area (Å²) in [7, 11) is 0. The summed E-state index contributed by atoms with van der Waals surface area (Å²) in [5.74, 6) is 1.17. The van der Waals surface area contributed by atoms with Gasteiger partial charge in [-0.05, 0) is 33.6 Å². The predicted molar refractivity (Wildman–Crippen MR) is 84.0 cm³/mol. The number of aryl methyl sites for hydroxylation is 1. The van der Waals surface area contributed by atoms with Gasteiger partial charge in [-0.15, -0.1) is 0 Å². The maximum absolute atomic E-state index is 12.1. The van der Waals surface area contributed by atoms with Gasteiger partial charge in [0.1, 0.15) is 12.4 Å². The Hall–Kier alpha value is -2.18. The van der Waals surface area contributed by atoms with Crippen LogP contribution >= 0.6 is 0 Å². The Kier molecular flexibility index (Phi) is 3.74. The summed E-state index contributed by atoms with van der Waals surface area (Å²) in [5, 5.41) is 0. The molecule has 0 aromatic carbocycles. The topological polar surface area (TPSA) is 75.6 Å². The molecule has 1 atom stereocenters. The fourth-order valence-corrected chi connectivity index (χ4v) is 3.27. The first-order chi connectivity index (χ1) is 10.8. The molecule has 23 heavy (non-hydrogen) atoms. The third-order valence-electron chi connectivity index (χ3n) is 4.38. The molecule has 2 amide bonds. The van der Waals surface area contributed by atoms with Crippen LogP contribution in [0, 0.1) is 6.92 Å². The molecule has 0 aliphatic carbocycles. The van der Waals surface area contributed by atoms with Gasteiger partial charge >= 0.3 is 6.09 Å². The van der Waals surface area contributed by atoms with Crippen molar-refractivity contribution >= 4 is 17.8 Å². The predicted octanol–water partition coefficient (Wildman–Crippen LogP) is 2.20. The second-order valence-corrected chi connectivity index (χ2v) is 6.80. The third kappa shape index (κ3) is 2.75. The summed E-state index contributed by atoms with van der Waals surface area (Å²) in [5.41, 5.74) is 0.321. The number of amides is 2. The Balaban J connectivity index is 2.00. The molecular weight excluding hydrogens is 296 g/mol. The highest BCUT2D eigenvalue weighted by Gasteiger charge is 2.42. The number of hydrogen-bond acceptors (Lipinski definition) is 5. The average Bonchev–Trinajstić information content (AvgIpc) is 3.03. The minimum atomic E-state index is -0.453. The van der Waals surface area contributed by atoms with Crippen LogP contribution in [0.25, 0.3) is 0 Å². The lowest BCUT2D eigenvalue weighted by molar-refractivity contribution is -0.129. The van der Waals surface area contributed by atoms with Crippen molar-refractivity contribution in [3.05, 3.63) is 17.6 Å². The number of carbonyl (C=O) groups excluding carboxylic acids is 2. The first-order valence-corrected chi connectivity index (χ1v) is 7.89. The van der Waals surface area contributed by atoms with Crippen LogP contribution in [0.3, 0.4) is 0 Å². The standard InChI is InChI=1S/C16H22N4O3/c1-10-8-13(20-15(22)23-9-16(20,3)4)18-14(17-10)12-6-5-7-19(12)11(2)21/h8,12H,5-7,9H2,1-4H3/t12-/m0/s1. The number of rotatable bonds is 2. The molecular formula is C16H22N4O3. The van der Waals surface area contributed by atoms with Crippen LogP contribution in [-0.2, 0) is 9.53 Å². The summed E-state index contributed by atoms with van der Waals surface area (Å²) in [4.78, 5) is 36.4. The summed E-state index contributed by atoms with van der Waals surface area (Å²) < 4.78 is 5.16. The van der Waals surface area contributed by atoms with Crippen LogP contribution in [0.1, 0.15) is 51.2 Å². The zero-order chi connectivity index (χ0) is 16.8. The SMILES string of the molecule is CC(=O)N1CCC[C@H]1c1nc(C)cc(N2C(=O)OCC2(C)C)n1. The minimum absolute atomic E-state index is 0.0278. The number of carbonyl (C=O) groups is 2. The number of ether oxygens (including phenoxy) is 1. The van der Waals surface area contributed by atoms with E-state index in [-0.39, 0.29) is 11.9 Å². The van der Waals surface area contributed by atoms with Crippen molar-refractivity contribution in [2.75, 3.05) is 18.1 Å². The van der Waals surface area contributed by atoms with E-state index in [0.717, 1.165) is 25.1 Å². The molecule has 124 valence electrons. The molecule has 0 saturated carbocycles. The number of nitrogens with zero attached hydrogens (tertiary/aromatic N) is 4. The highest BCUT2D eigenvalue weighted by molar-refractivity contribution is 5.90. The maximum atomic E-state index is 12.1. The molecule has 0 bridgehead atoms. The highest BCUT2D eigenvalue weighted by atomic mass is 16.6. The average molecular weight is 318 g/mol. The smallest absolute Gasteiger partial charge is 0.416 e. The van der Waals surface area contributed by atoms with E-state index < -0.39 is 11.6 Å². The molecule has 2 fully saturated rings. The second kappa shape index (κ2) is 5.47. The first-order valence-electron chi connectivity index (χ1n) is 7.89. The number of hydrogen-bond donors (Lipinski definition) is 0. The summed E-state index contributed by atoms with van der Waals surface area (Å²) in [6.07, 6.45) is 1.39. The molecule has 2 aliphatic rings. The van der Waals surface area contributed by atoms with Gasteiger partial charge in [0.05, 0.1) is 11.6 Å². The van der Waals surface area contributed by atoms with Crippen molar-refractivity contribution < 1.29 is 14.3 Å². The van der Waals surface area contributed by atoms with Gasteiger partial charge in [-0.25, -0.2) is 14.8 Å². The Bertz CT molecular complexity index is 659. The fraction of sp³-hybridized carbons (Fsp3) is 0.625. The van der Waals surface area contributed by atoms with Gasteiger partial charge in [-0.2, -0.15) is 0 Å². The van der Waals surface area contributed by atoms with E-state index in [2.05, 4.69) is 9.97 Å². The van der Waals surface area contributed by atoms with Crippen LogP contribution in [-0.4, -0.2) is 45.6 Å². The lowest BCUT2D eigenvalue weighted by Crippen LogP contribution is -2.43. The van der Waals surface area contributed by atoms with E-state index >= 15 is 0 Å². The molecule has 2 aliphatic heterocycles. The number of likely N-dealkylation sites (tertiary alicyclic amines) is 1. The van der Waals surface area contributed by atoms with Crippen LogP contribution in [0.4, 0.5) is 10.6 Å². The van der Waals surface area contributed by atoms with Gasteiger partial charge in [-0.1, -0.05) is 0 Å². The molecule has 0 spiro atoms. The number of aromatic nitrogens is 2. The lowest BCUT2D eigenvalue weighted by atomic mass is 10.1. The van der Waals surface area contributed by atoms with E-state index in [1.165, 1.54) is 0 Å². The summed E-state index contributed by atoms with van der Waals surface area (Å²) in [6, 6.07) is 1.66. The van der Waals surface area contributed by atoms with Crippen molar-refractivity contribution in [3.8, 4) is 0 Å². The molecule has 0 radical (unpaired) electrons. The molecule has 0 unspecified atom stereocenters. The van der Waals surface area contributed by atoms with Crippen LogP contribution in [0.5, 0.6) is 0 Å². The lowest BCUT2D eigenvalue weighted by Gasteiger charge is -2.28. The summed E-state index contributed by atoms with van der Waals surface area (Å²) >= 11 is 0. The van der Waals surface area contributed by atoms with Gasteiger partial charge in [0, 0.05) is 25.2 Å². The van der Waals surface area contributed by atoms with Gasteiger partial charge < -0.3 is 9.64 Å². The highest BCUT2D eigenvalue weighted by Crippen LogP contribution is 2.33. The molecule has 7 heteroatoms. The largest absolute Gasteiger partial charge is 0.447 e. The van der Waals surface area contributed by atoms with Crippen LogP contribution < -0.4 is 4.90 Å². The van der Waals surface area contributed by atoms with Crippen molar-refractivity contribution in [2.45, 2.75) is 52.1 Å². The number of anilines is 1. The molecule has 3 heterocycles. The quantitative estimate of drug-likeness (QED) is 0.835. The Morgan fingerprint density at radius 2 is 2.13 bits per heavy atom. The van der Waals surface area contributed by atoms with Gasteiger partial charge in [-0.3, -0.25) is 9.69 Å². The van der Waals surface area contributed by atoms with Crippen molar-refractivity contribution in [1.29, 1.82) is 0 Å². The zero-order valence-electron chi connectivity index (χ0n) is 14.0. The molecule has 3 rings (SSSR count). The minimum Gasteiger partial charge on any atom is -0.447 e. The monoisotopic (exact) mass is 318 g/mol. The second-order valence-electron chi connectivity index (χ2n) is 6.80. The third-order valence-corrected chi connectivity index (χ3v) is 4.38. The number of cyclic esters (lactones) is 1. The van der Waals surface area contributed by atoms with Crippen molar-refractivity contribution in [1.82, 2.24) is 14.9 Å².